The minimum absolute atomic E-state index is 0.188. The summed E-state index contributed by atoms with van der Waals surface area (Å²) in [5.74, 6) is 0. The van der Waals surface area contributed by atoms with Crippen molar-refractivity contribution in [2.24, 2.45) is 0 Å². The largest absolute Gasteiger partial charge is 0.226 e. The van der Waals surface area contributed by atoms with Gasteiger partial charge in [-0.25, -0.2) is 9.97 Å². The van der Waals surface area contributed by atoms with Gasteiger partial charge in [0.15, 0.2) is 0 Å². The van der Waals surface area contributed by atoms with Gasteiger partial charge >= 0.3 is 0 Å². The minimum atomic E-state index is 0.188. The van der Waals surface area contributed by atoms with E-state index in [0.717, 1.165) is 17.3 Å². The zero-order valence-electron chi connectivity index (χ0n) is 5.52. The summed E-state index contributed by atoms with van der Waals surface area (Å²) in [4.78, 5) is 7.60. The summed E-state index contributed by atoms with van der Waals surface area (Å²) in [6, 6.07) is 0. The minimum Gasteiger partial charge on any atom is -0.226 e. The smallest absolute Gasteiger partial charge is 0.223 e. The first-order chi connectivity index (χ1) is 5.24. The third-order valence-corrected chi connectivity index (χ3v) is 2.05. The van der Waals surface area contributed by atoms with Gasteiger partial charge in [0.25, 0.3) is 0 Å². The van der Waals surface area contributed by atoms with Gasteiger partial charge < -0.3 is 0 Å². The quantitative estimate of drug-likeness (QED) is 0.462. The number of aromatic nitrogens is 2. The fraction of sp³-hybridized carbons (Fsp3) is 0.333. The van der Waals surface area contributed by atoms with E-state index in [1.807, 2.05) is 0 Å². The van der Waals surface area contributed by atoms with Crippen LogP contribution in [0, 0.1) is 0 Å². The molecule has 0 spiro atoms. The molecule has 11 heavy (non-hydrogen) atoms. The Hall–Kier alpha value is 0.140. The highest BCUT2D eigenvalue weighted by Gasteiger charge is 2.01. The lowest BCUT2D eigenvalue weighted by molar-refractivity contribution is 1.06. The molecule has 0 aromatic carbocycles. The Morgan fingerprint density at radius 3 is 2.73 bits per heavy atom. The Labute approximate surface area is 83.1 Å². The summed E-state index contributed by atoms with van der Waals surface area (Å²) in [6.07, 6.45) is 2.45. The molecule has 0 aliphatic rings. The van der Waals surface area contributed by atoms with E-state index in [9.17, 15) is 0 Å². The van der Waals surface area contributed by atoms with Crippen molar-refractivity contribution < 1.29 is 0 Å². The number of rotatable bonds is 2. The normalized spacial score (nSPS) is 10.1. The predicted molar refractivity (Wildman–Crippen MR) is 49.6 cm³/mol. The van der Waals surface area contributed by atoms with Gasteiger partial charge in [-0.3, -0.25) is 0 Å². The molecule has 1 aromatic rings. The second-order valence-corrected chi connectivity index (χ2v) is 3.38. The molecule has 1 aromatic heterocycles. The first kappa shape index (κ1) is 9.23. The molecule has 0 fully saturated rings. The van der Waals surface area contributed by atoms with Crippen LogP contribution in [0.5, 0.6) is 0 Å². The van der Waals surface area contributed by atoms with Gasteiger partial charge in [-0.2, -0.15) is 0 Å². The third kappa shape index (κ3) is 2.58. The van der Waals surface area contributed by atoms with Gasteiger partial charge in [-0.05, 0) is 18.0 Å². The molecule has 2 nitrogen and oxygen atoms in total. The van der Waals surface area contributed by atoms with E-state index in [0.29, 0.717) is 5.15 Å². The monoisotopic (exact) mass is 254 g/mol. The molecule has 0 saturated carbocycles. The van der Waals surface area contributed by atoms with Gasteiger partial charge in [-0.1, -0.05) is 27.5 Å². The van der Waals surface area contributed by atoms with Gasteiger partial charge in [0.05, 0.1) is 0 Å². The number of nitrogens with zero attached hydrogens (tertiary/aromatic N) is 2. The number of halogens is 3. The molecule has 0 saturated heterocycles. The predicted octanol–water partition coefficient (Wildman–Crippen LogP) is 2.72. The van der Waals surface area contributed by atoms with Crippen molar-refractivity contribution in [1.82, 2.24) is 9.97 Å². The summed E-state index contributed by atoms with van der Waals surface area (Å²) in [6.45, 7) is 0. The standard InChI is InChI=1S/C6H5BrCl2N2/c7-2-1-4-3-10-6(9)11-5(4)8/h3H,1-2H2. The van der Waals surface area contributed by atoms with Crippen molar-refractivity contribution in [1.29, 1.82) is 0 Å². The Bertz CT molecular complexity index is 254. The molecule has 0 atom stereocenters. The molecule has 0 aliphatic heterocycles. The lowest BCUT2D eigenvalue weighted by Crippen LogP contribution is -1.92. The van der Waals surface area contributed by atoms with E-state index in [4.69, 9.17) is 23.2 Å². The Kier molecular flexibility index (Phi) is 3.55. The maximum absolute atomic E-state index is 5.75. The molecule has 60 valence electrons. The second kappa shape index (κ2) is 4.24. The van der Waals surface area contributed by atoms with E-state index in [1.54, 1.807) is 6.20 Å². The van der Waals surface area contributed by atoms with Crippen LogP contribution in [0.1, 0.15) is 5.56 Å². The summed E-state index contributed by atoms with van der Waals surface area (Å²) in [5, 5.41) is 1.47. The van der Waals surface area contributed by atoms with Crippen molar-refractivity contribution in [3.8, 4) is 0 Å². The summed E-state index contributed by atoms with van der Waals surface area (Å²) in [7, 11) is 0. The van der Waals surface area contributed by atoms with Crippen LogP contribution in [0.15, 0.2) is 6.20 Å². The van der Waals surface area contributed by atoms with Gasteiger partial charge in [0.1, 0.15) is 5.15 Å². The molecular formula is C6H5BrCl2N2. The summed E-state index contributed by atoms with van der Waals surface area (Å²) < 4.78 is 0. The molecule has 1 heterocycles. The van der Waals surface area contributed by atoms with Crippen LogP contribution in [-0.4, -0.2) is 15.3 Å². The molecule has 0 aliphatic carbocycles. The van der Waals surface area contributed by atoms with Crippen LogP contribution in [0.2, 0.25) is 10.4 Å². The Balaban J connectivity index is 2.90. The third-order valence-electron chi connectivity index (χ3n) is 1.15. The lowest BCUT2D eigenvalue weighted by atomic mass is 10.3. The van der Waals surface area contributed by atoms with Crippen LogP contribution >= 0.6 is 39.1 Å². The molecule has 1 rings (SSSR count). The molecular weight excluding hydrogens is 251 g/mol. The van der Waals surface area contributed by atoms with Crippen molar-refractivity contribution in [2.75, 3.05) is 5.33 Å². The average molecular weight is 256 g/mol. The Morgan fingerprint density at radius 2 is 2.18 bits per heavy atom. The summed E-state index contributed by atoms with van der Waals surface area (Å²) >= 11 is 14.5. The fourth-order valence-electron chi connectivity index (χ4n) is 0.636. The number of aryl methyl sites for hydroxylation is 1. The number of hydrogen-bond acceptors (Lipinski definition) is 2. The zero-order chi connectivity index (χ0) is 8.27. The molecule has 0 unspecified atom stereocenters. The maximum Gasteiger partial charge on any atom is 0.223 e. The van der Waals surface area contributed by atoms with Crippen LogP contribution in [0.4, 0.5) is 0 Å². The first-order valence-electron chi connectivity index (χ1n) is 2.97. The number of alkyl halides is 1. The van der Waals surface area contributed by atoms with Crippen molar-refractivity contribution in [2.45, 2.75) is 6.42 Å². The highest BCUT2D eigenvalue weighted by atomic mass is 79.9. The van der Waals surface area contributed by atoms with Crippen LogP contribution < -0.4 is 0 Å². The van der Waals surface area contributed by atoms with E-state index in [1.165, 1.54) is 0 Å². The van der Waals surface area contributed by atoms with Crippen molar-refractivity contribution >= 4 is 39.1 Å². The highest BCUT2D eigenvalue weighted by molar-refractivity contribution is 9.09. The van der Waals surface area contributed by atoms with Crippen LogP contribution in [0.3, 0.4) is 0 Å². The van der Waals surface area contributed by atoms with Crippen molar-refractivity contribution in [3.63, 3.8) is 0 Å². The maximum atomic E-state index is 5.75. The van der Waals surface area contributed by atoms with Crippen LogP contribution in [-0.2, 0) is 6.42 Å². The van der Waals surface area contributed by atoms with Gasteiger partial charge in [0.2, 0.25) is 5.28 Å². The van der Waals surface area contributed by atoms with E-state index in [-0.39, 0.29) is 5.28 Å². The molecule has 0 amide bonds. The first-order valence-corrected chi connectivity index (χ1v) is 4.84. The molecule has 0 radical (unpaired) electrons. The molecule has 0 N–H and O–H groups in total. The zero-order valence-corrected chi connectivity index (χ0v) is 8.62. The lowest BCUT2D eigenvalue weighted by Gasteiger charge is -1.98. The average Bonchev–Trinajstić information content (AvgIpc) is 1.95. The highest BCUT2D eigenvalue weighted by Crippen LogP contribution is 2.14. The molecule has 5 heteroatoms. The fourth-order valence-corrected chi connectivity index (χ4v) is 1.46. The van der Waals surface area contributed by atoms with E-state index < -0.39 is 0 Å². The van der Waals surface area contributed by atoms with Crippen LogP contribution in [0.25, 0.3) is 0 Å². The SMILES string of the molecule is Clc1ncc(CCBr)c(Cl)n1. The van der Waals surface area contributed by atoms with E-state index in [2.05, 4.69) is 25.9 Å². The molecule has 0 bridgehead atoms. The van der Waals surface area contributed by atoms with Crippen molar-refractivity contribution in [3.05, 3.63) is 22.2 Å². The summed E-state index contributed by atoms with van der Waals surface area (Å²) in [5.41, 5.74) is 0.910. The second-order valence-electron chi connectivity index (χ2n) is 1.89. The van der Waals surface area contributed by atoms with Gasteiger partial charge in [-0.15, -0.1) is 0 Å². The topological polar surface area (TPSA) is 25.8 Å². The van der Waals surface area contributed by atoms with Gasteiger partial charge in [0, 0.05) is 17.1 Å². The van der Waals surface area contributed by atoms with E-state index >= 15 is 0 Å². The number of hydrogen-bond donors (Lipinski definition) is 0. The Morgan fingerprint density at radius 1 is 1.45 bits per heavy atom.